The first-order chi connectivity index (χ1) is 14.6. The molecule has 0 radical (unpaired) electrons. The van der Waals surface area contributed by atoms with Crippen LogP contribution in [-0.4, -0.2) is 54.8 Å². The van der Waals surface area contributed by atoms with Crippen molar-refractivity contribution < 1.29 is 23.3 Å². The summed E-state index contributed by atoms with van der Waals surface area (Å²) in [7, 11) is 1.55. The SMILES string of the molecule is COc1cc2c(Nc3ccccc3Cl)ncnc2cc1OC1CO[C@H]2C(F)CO[C@@H]12. The fraction of sp³-hybridized carbons (Fsp3) is 0.333. The second-order valence-electron chi connectivity index (χ2n) is 7.12. The third-order valence-electron chi connectivity index (χ3n) is 5.27. The van der Waals surface area contributed by atoms with E-state index >= 15 is 0 Å². The summed E-state index contributed by atoms with van der Waals surface area (Å²) in [4.78, 5) is 8.70. The largest absolute Gasteiger partial charge is 0.493 e. The fourth-order valence-electron chi connectivity index (χ4n) is 3.79. The molecule has 0 saturated carbocycles. The van der Waals surface area contributed by atoms with Gasteiger partial charge in [-0.25, -0.2) is 14.4 Å². The van der Waals surface area contributed by atoms with E-state index in [2.05, 4.69) is 15.3 Å². The highest BCUT2D eigenvalue weighted by Gasteiger charge is 2.49. The lowest BCUT2D eigenvalue weighted by molar-refractivity contribution is 0.0271. The van der Waals surface area contributed by atoms with Crippen molar-refractivity contribution in [2.75, 3.05) is 25.6 Å². The lowest BCUT2D eigenvalue weighted by Gasteiger charge is -2.20. The smallest absolute Gasteiger partial charge is 0.164 e. The lowest BCUT2D eigenvalue weighted by Crippen LogP contribution is -2.33. The number of aromatic nitrogens is 2. The second kappa shape index (κ2) is 7.86. The lowest BCUT2D eigenvalue weighted by atomic mass is 10.1. The Morgan fingerprint density at radius 3 is 2.77 bits per heavy atom. The molecule has 2 unspecified atom stereocenters. The summed E-state index contributed by atoms with van der Waals surface area (Å²) in [5.74, 6) is 1.56. The number of hydrogen-bond acceptors (Lipinski definition) is 7. The van der Waals surface area contributed by atoms with Crippen molar-refractivity contribution in [3.05, 3.63) is 47.7 Å². The number of fused-ring (bicyclic) bond motifs is 2. The molecule has 2 saturated heterocycles. The molecule has 4 atom stereocenters. The molecule has 7 nitrogen and oxygen atoms in total. The van der Waals surface area contributed by atoms with Gasteiger partial charge in [0.05, 0.1) is 36.6 Å². The summed E-state index contributed by atoms with van der Waals surface area (Å²) in [5.41, 5.74) is 1.38. The molecule has 2 fully saturated rings. The number of nitrogens with one attached hydrogen (secondary N) is 1. The summed E-state index contributed by atoms with van der Waals surface area (Å²) >= 11 is 6.26. The van der Waals surface area contributed by atoms with E-state index in [1.165, 1.54) is 6.33 Å². The van der Waals surface area contributed by atoms with Crippen molar-refractivity contribution >= 4 is 34.0 Å². The molecule has 9 heteroatoms. The Hall–Kier alpha value is -2.68. The first-order valence-corrected chi connectivity index (χ1v) is 9.90. The van der Waals surface area contributed by atoms with Crippen LogP contribution in [0.25, 0.3) is 10.9 Å². The topological polar surface area (TPSA) is 74.7 Å². The minimum Gasteiger partial charge on any atom is -0.493 e. The van der Waals surface area contributed by atoms with Gasteiger partial charge < -0.3 is 24.3 Å². The number of hydrogen-bond donors (Lipinski definition) is 1. The van der Waals surface area contributed by atoms with Crippen molar-refractivity contribution in [3.8, 4) is 11.5 Å². The van der Waals surface area contributed by atoms with Gasteiger partial charge in [0.1, 0.15) is 24.4 Å². The molecule has 2 aromatic carbocycles. The van der Waals surface area contributed by atoms with Crippen molar-refractivity contribution in [2.24, 2.45) is 0 Å². The summed E-state index contributed by atoms with van der Waals surface area (Å²) in [6.07, 6.45) is -1.13. The molecule has 2 aliphatic rings. The standard InChI is InChI=1S/C21H19ClFN3O4/c1-27-16-6-11-15(24-10-25-21(11)26-14-5-3-2-4-12(14)22)7-17(16)30-18-9-29-19-13(23)8-28-20(18)19/h2-7,10,13,18-20H,8-9H2,1H3,(H,24,25,26)/t13?,18?,19-,20-/m0/s1. The molecule has 3 heterocycles. The van der Waals surface area contributed by atoms with Crippen molar-refractivity contribution in [2.45, 2.75) is 24.5 Å². The molecule has 0 aliphatic carbocycles. The molecule has 1 N–H and O–H groups in total. The highest BCUT2D eigenvalue weighted by atomic mass is 35.5. The first kappa shape index (κ1) is 19.3. The third kappa shape index (κ3) is 3.40. The second-order valence-corrected chi connectivity index (χ2v) is 7.52. The van der Waals surface area contributed by atoms with E-state index in [0.29, 0.717) is 27.9 Å². The molecule has 1 aromatic heterocycles. The Bertz CT molecular complexity index is 1090. The average molecular weight is 432 g/mol. The molecule has 5 rings (SSSR count). The van der Waals surface area contributed by atoms with E-state index in [1.54, 1.807) is 25.3 Å². The monoisotopic (exact) mass is 431 g/mol. The highest BCUT2D eigenvalue weighted by molar-refractivity contribution is 6.33. The number of nitrogens with zero attached hydrogens (tertiary/aromatic N) is 2. The molecule has 2 aliphatic heterocycles. The van der Waals surface area contributed by atoms with Crippen LogP contribution in [0.2, 0.25) is 5.02 Å². The Kier molecular flexibility index (Phi) is 5.06. The van der Waals surface area contributed by atoms with Crippen LogP contribution in [0.3, 0.4) is 0 Å². The number of ether oxygens (including phenoxy) is 4. The molecule has 156 valence electrons. The quantitative estimate of drug-likeness (QED) is 0.656. The van der Waals surface area contributed by atoms with Gasteiger partial charge in [-0.05, 0) is 18.2 Å². The number of para-hydroxylation sites is 1. The van der Waals surface area contributed by atoms with Crippen LogP contribution in [0.5, 0.6) is 11.5 Å². The summed E-state index contributed by atoms with van der Waals surface area (Å²) in [6, 6.07) is 11.0. The number of benzene rings is 2. The van der Waals surface area contributed by atoms with Gasteiger partial charge in [-0.3, -0.25) is 0 Å². The van der Waals surface area contributed by atoms with Gasteiger partial charge in [-0.2, -0.15) is 0 Å². The van der Waals surface area contributed by atoms with Crippen LogP contribution >= 0.6 is 11.6 Å². The predicted octanol–water partition coefficient (Wildman–Crippen LogP) is 3.92. The molecule has 0 amide bonds. The molecular weight excluding hydrogens is 413 g/mol. The summed E-state index contributed by atoms with van der Waals surface area (Å²) in [6.45, 7) is 0.272. The van der Waals surface area contributed by atoms with Gasteiger partial charge in [0.15, 0.2) is 23.8 Å². The number of anilines is 2. The predicted molar refractivity (Wildman–Crippen MR) is 110 cm³/mol. The molecule has 0 bridgehead atoms. The van der Waals surface area contributed by atoms with Crippen LogP contribution < -0.4 is 14.8 Å². The van der Waals surface area contributed by atoms with E-state index in [0.717, 1.165) is 11.1 Å². The van der Waals surface area contributed by atoms with Gasteiger partial charge >= 0.3 is 0 Å². The fourth-order valence-corrected chi connectivity index (χ4v) is 3.97. The van der Waals surface area contributed by atoms with E-state index in [4.69, 9.17) is 30.5 Å². The summed E-state index contributed by atoms with van der Waals surface area (Å²) < 4.78 is 36.5. The van der Waals surface area contributed by atoms with E-state index in [9.17, 15) is 4.39 Å². The Labute approximate surface area is 177 Å². The minimum absolute atomic E-state index is 0.0222. The maximum Gasteiger partial charge on any atom is 0.164 e. The van der Waals surface area contributed by atoms with Gasteiger partial charge in [0.2, 0.25) is 0 Å². The van der Waals surface area contributed by atoms with Crippen LogP contribution in [-0.2, 0) is 9.47 Å². The van der Waals surface area contributed by atoms with E-state index in [1.807, 2.05) is 18.2 Å². The normalized spacial score (nSPS) is 25.3. The van der Waals surface area contributed by atoms with Crippen LogP contribution in [0.4, 0.5) is 15.9 Å². The van der Waals surface area contributed by atoms with Crippen molar-refractivity contribution in [1.29, 1.82) is 0 Å². The maximum absolute atomic E-state index is 13.8. The third-order valence-corrected chi connectivity index (χ3v) is 5.60. The van der Waals surface area contributed by atoms with Gasteiger partial charge in [-0.15, -0.1) is 0 Å². The number of halogens is 2. The van der Waals surface area contributed by atoms with Crippen molar-refractivity contribution in [1.82, 2.24) is 9.97 Å². The first-order valence-electron chi connectivity index (χ1n) is 9.52. The van der Waals surface area contributed by atoms with Gasteiger partial charge in [0.25, 0.3) is 0 Å². The Morgan fingerprint density at radius 2 is 1.93 bits per heavy atom. The highest BCUT2D eigenvalue weighted by Crippen LogP contribution is 2.38. The van der Waals surface area contributed by atoms with Crippen LogP contribution in [0.1, 0.15) is 0 Å². The maximum atomic E-state index is 13.8. The minimum atomic E-state index is -1.13. The van der Waals surface area contributed by atoms with Crippen LogP contribution in [0, 0.1) is 0 Å². The molecule has 0 spiro atoms. The van der Waals surface area contributed by atoms with Gasteiger partial charge in [-0.1, -0.05) is 23.7 Å². The van der Waals surface area contributed by atoms with Gasteiger partial charge in [0, 0.05) is 11.5 Å². The number of methoxy groups -OCH3 is 1. The zero-order valence-corrected chi connectivity index (χ0v) is 16.8. The zero-order chi connectivity index (χ0) is 20.7. The van der Waals surface area contributed by atoms with Crippen molar-refractivity contribution in [3.63, 3.8) is 0 Å². The summed E-state index contributed by atoms with van der Waals surface area (Å²) in [5, 5.41) is 4.55. The molecular formula is C21H19ClFN3O4. The average Bonchev–Trinajstić information content (AvgIpc) is 3.32. The Morgan fingerprint density at radius 1 is 1.10 bits per heavy atom. The Balaban J connectivity index is 1.47. The molecule has 3 aromatic rings. The van der Waals surface area contributed by atoms with Crippen LogP contribution in [0.15, 0.2) is 42.7 Å². The number of rotatable bonds is 5. The van der Waals surface area contributed by atoms with E-state index < -0.39 is 24.5 Å². The van der Waals surface area contributed by atoms with E-state index in [-0.39, 0.29) is 13.2 Å². The zero-order valence-electron chi connectivity index (χ0n) is 16.0. The molecule has 30 heavy (non-hydrogen) atoms. The number of alkyl halides is 1.